The third kappa shape index (κ3) is 3.67. The molecule has 0 unspecified atom stereocenters. The molecule has 5 nitrogen and oxygen atoms in total. The average molecular weight is 359 g/mol. The largest absolute Gasteiger partial charge is 0.326 e. The topological polar surface area (TPSA) is 77.3 Å². The van der Waals surface area contributed by atoms with E-state index in [1.807, 2.05) is 19.4 Å². The summed E-state index contributed by atoms with van der Waals surface area (Å²) in [4.78, 5) is 16.4. The Hall–Kier alpha value is -2.00. The van der Waals surface area contributed by atoms with Crippen molar-refractivity contribution in [3.63, 3.8) is 0 Å². The average Bonchev–Trinajstić information content (AvgIpc) is 2.66. The first-order chi connectivity index (χ1) is 11.5. The zero-order chi connectivity index (χ0) is 19.0. The number of hydrogen-bond acceptors (Lipinski definition) is 4. The lowest BCUT2D eigenvalue weighted by atomic mass is 9.81. The Bertz CT molecular complexity index is 788. The molecule has 1 aliphatic rings. The number of amidine groups is 1. The van der Waals surface area contributed by atoms with Crippen LogP contribution in [0.15, 0.2) is 11.1 Å². The van der Waals surface area contributed by atoms with Gasteiger partial charge in [-0.05, 0) is 53.2 Å². The highest BCUT2D eigenvalue weighted by atomic mass is 32.2. The van der Waals surface area contributed by atoms with Crippen LogP contribution in [0.4, 0.5) is 11.4 Å². The summed E-state index contributed by atoms with van der Waals surface area (Å²) in [6.07, 6.45) is 4.82. The van der Waals surface area contributed by atoms with Gasteiger partial charge in [0, 0.05) is 12.6 Å². The maximum atomic E-state index is 11.6. The second-order valence-electron chi connectivity index (χ2n) is 7.80. The Labute approximate surface area is 154 Å². The number of carbonyl (C=O) groups is 1. The van der Waals surface area contributed by atoms with Gasteiger partial charge in [-0.2, -0.15) is 5.26 Å². The van der Waals surface area contributed by atoms with Gasteiger partial charge in [0.1, 0.15) is 0 Å². The van der Waals surface area contributed by atoms with E-state index in [0.717, 1.165) is 23.4 Å². The van der Waals surface area contributed by atoms with E-state index in [-0.39, 0.29) is 16.7 Å². The lowest BCUT2D eigenvalue weighted by molar-refractivity contribution is -0.114. The fraction of sp³-hybridized carbons (Fsp3) is 0.526. The lowest BCUT2D eigenvalue weighted by Crippen LogP contribution is -2.18. The van der Waals surface area contributed by atoms with Crippen molar-refractivity contribution in [3.05, 3.63) is 22.8 Å². The summed E-state index contributed by atoms with van der Waals surface area (Å²) in [5.74, 6) is -0.103. The molecule has 2 N–H and O–H groups in total. The molecule has 1 aliphatic carbocycles. The number of benzene rings is 1. The molecule has 0 saturated heterocycles. The molecule has 1 aromatic rings. The molecule has 0 aromatic heterocycles. The minimum atomic E-state index is -0.103. The molecule has 0 atom stereocenters. The van der Waals surface area contributed by atoms with Crippen molar-refractivity contribution >= 4 is 34.2 Å². The Morgan fingerprint density at radius 2 is 1.96 bits per heavy atom. The highest BCUT2D eigenvalue weighted by molar-refractivity contribution is 8.13. The molecular formula is C19H26N4OS. The van der Waals surface area contributed by atoms with E-state index in [1.54, 1.807) is 0 Å². The number of nitriles is 1. The molecule has 134 valence electrons. The van der Waals surface area contributed by atoms with Gasteiger partial charge in [-0.3, -0.25) is 10.1 Å². The fourth-order valence-corrected chi connectivity index (χ4v) is 4.34. The predicted octanol–water partition coefficient (Wildman–Crippen LogP) is 4.33. The zero-order valence-electron chi connectivity index (χ0n) is 16.0. The highest BCUT2D eigenvalue weighted by Crippen LogP contribution is 2.55. The molecule has 0 radical (unpaired) electrons. The number of thioether (sulfide) groups is 1. The summed E-state index contributed by atoms with van der Waals surface area (Å²) in [5, 5.41) is 15.1. The van der Waals surface area contributed by atoms with Crippen molar-refractivity contribution in [2.75, 3.05) is 11.6 Å². The Morgan fingerprint density at radius 1 is 1.32 bits per heavy atom. The summed E-state index contributed by atoms with van der Waals surface area (Å²) in [6, 6.07) is 2.09. The standard InChI is InChI=1S/C19H26N4OS/c1-11-14(22-12(2)24)8-13-15(19(5,6)9-18(13,3)4)16(11)23-17(25-7)21-10-20/h8H,9H2,1-7H3,(H,21,23)(H,22,24). The van der Waals surface area contributed by atoms with Crippen molar-refractivity contribution in [1.82, 2.24) is 5.32 Å². The zero-order valence-corrected chi connectivity index (χ0v) is 16.8. The molecule has 0 spiro atoms. The van der Waals surface area contributed by atoms with Gasteiger partial charge >= 0.3 is 0 Å². The molecule has 25 heavy (non-hydrogen) atoms. The van der Waals surface area contributed by atoms with Gasteiger partial charge in [-0.15, -0.1) is 0 Å². The molecule has 0 bridgehead atoms. The molecular weight excluding hydrogens is 332 g/mol. The Morgan fingerprint density at radius 3 is 2.48 bits per heavy atom. The third-order valence-corrected chi connectivity index (χ3v) is 5.30. The number of amides is 1. The van der Waals surface area contributed by atoms with Crippen molar-refractivity contribution in [1.29, 1.82) is 5.26 Å². The molecule has 0 fully saturated rings. The predicted molar refractivity (Wildman–Crippen MR) is 106 cm³/mol. The van der Waals surface area contributed by atoms with E-state index in [1.165, 1.54) is 29.8 Å². The van der Waals surface area contributed by atoms with Crippen molar-refractivity contribution < 1.29 is 4.79 Å². The van der Waals surface area contributed by atoms with Gasteiger partial charge in [0.2, 0.25) is 5.91 Å². The molecule has 0 aliphatic heterocycles. The number of rotatable bonds is 2. The van der Waals surface area contributed by atoms with Crippen LogP contribution in [0, 0.1) is 18.4 Å². The second kappa shape index (κ2) is 6.72. The maximum absolute atomic E-state index is 11.6. The van der Waals surface area contributed by atoms with Gasteiger partial charge < -0.3 is 5.32 Å². The minimum absolute atomic E-state index is 0.00774. The van der Waals surface area contributed by atoms with Gasteiger partial charge in [-0.1, -0.05) is 39.5 Å². The van der Waals surface area contributed by atoms with Crippen molar-refractivity contribution in [3.8, 4) is 6.19 Å². The number of nitrogens with zero attached hydrogens (tertiary/aromatic N) is 2. The lowest BCUT2D eigenvalue weighted by Gasteiger charge is -2.23. The van der Waals surface area contributed by atoms with E-state index < -0.39 is 0 Å². The van der Waals surface area contributed by atoms with E-state index >= 15 is 0 Å². The van der Waals surface area contributed by atoms with E-state index in [4.69, 9.17) is 10.3 Å². The van der Waals surface area contributed by atoms with Crippen LogP contribution in [-0.4, -0.2) is 17.3 Å². The number of aliphatic imine (C=N–C) groups is 1. The van der Waals surface area contributed by atoms with Crippen LogP contribution in [0.5, 0.6) is 0 Å². The summed E-state index contributed by atoms with van der Waals surface area (Å²) >= 11 is 1.39. The Kier molecular flexibility index (Phi) is 5.19. The van der Waals surface area contributed by atoms with Crippen LogP contribution >= 0.6 is 11.8 Å². The molecule has 1 amide bonds. The summed E-state index contributed by atoms with van der Waals surface area (Å²) in [5.41, 5.74) is 4.93. The summed E-state index contributed by atoms with van der Waals surface area (Å²) in [6.45, 7) is 12.4. The molecule has 1 aromatic carbocycles. The van der Waals surface area contributed by atoms with Crippen molar-refractivity contribution in [2.24, 2.45) is 4.99 Å². The van der Waals surface area contributed by atoms with Crippen molar-refractivity contribution in [2.45, 2.75) is 58.8 Å². The Balaban J connectivity index is 2.83. The van der Waals surface area contributed by atoms with E-state index in [2.05, 4.69) is 44.4 Å². The van der Waals surface area contributed by atoms with Crippen LogP contribution in [-0.2, 0) is 15.6 Å². The first kappa shape index (κ1) is 19.3. The normalized spacial score (nSPS) is 17.6. The monoisotopic (exact) mass is 358 g/mol. The number of anilines is 1. The first-order valence-corrected chi connectivity index (χ1v) is 9.50. The fourth-order valence-electron chi connectivity index (χ4n) is 4.01. The van der Waals surface area contributed by atoms with Crippen LogP contribution in [0.2, 0.25) is 0 Å². The van der Waals surface area contributed by atoms with Crippen LogP contribution in [0.1, 0.15) is 57.7 Å². The SMILES string of the molecule is CSC(=Nc1c(C)c(NC(C)=O)cc2c1C(C)(C)CC2(C)C)NC#N. The van der Waals surface area contributed by atoms with Crippen LogP contribution in [0.25, 0.3) is 0 Å². The molecule has 2 rings (SSSR count). The highest BCUT2D eigenvalue weighted by Gasteiger charge is 2.44. The molecule has 0 heterocycles. The number of hydrogen-bond donors (Lipinski definition) is 2. The third-order valence-electron chi connectivity index (χ3n) is 4.72. The first-order valence-electron chi connectivity index (χ1n) is 8.27. The molecule has 0 saturated carbocycles. The van der Waals surface area contributed by atoms with Crippen LogP contribution in [0.3, 0.4) is 0 Å². The van der Waals surface area contributed by atoms with Gasteiger partial charge in [0.15, 0.2) is 11.4 Å². The quantitative estimate of drug-likeness (QED) is 0.357. The van der Waals surface area contributed by atoms with Gasteiger partial charge in [0.25, 0.3) is 0 Å². The van der Waals surface area contributed by atoms with E-state index in [0.29, 0.717) is 5.17 Å². The number of carbonyl (C=O) groups excluding carboxylic acids is 1. The smallest absolute Gasteiger partial charge is 0.221 e. The molecule has 6 heteroatoms. The number of nitrogens with one attached hydrogen (secondary N) is 2. The summed E-state index contributed by atoms with van der Waals surface area (Å²) < 4.78 is 0. The van der Waals surface area contributed by atoms with Crippen LogP contribution < -0.4 is 10.6 Å². The minimum Gasteiger partial charge on any atom is -0.326 e. The second-order valence-corrected chi connectivity index (χ2v) is 8.60. The van der Waals surface area contributed by atoms with E-state index in [9.17, 15) is 4.79 Å². The number of fused-ring (bicyclic) bond motifs is 1. The van der Waals surface area contributed by atoms with Gasteiger partial charge in [0.05, 0.1) is 5.69 Å². The summed E-state index contributed by atoms with van der Waals surface area (Å²) in [7, 11) is 0. The van der Waals surface area contributed by atoms with Gasteiger partial charge in [-0.25, -0.2) is 4.99 Å². The maximum Gasteiger partial charge on any atom is 0.221 e.